The van der Waals surface area contributed by atoms with Crippen LogP contribution in [-0.2, 0) is 14.3 Å². The highest BCUT2D eigenvalue weighted by molar-refractivity contribution is 6.02. The molecule has 1 saturated carbocycles. The van der Waals surface area contributed by atoms with Crippen LogP contribution in [0.5, 0.6) is 5.75 Å². The van der Waals surface area contributed by atoms with Gasteiger partial charge in [0.25, 0.3) is 5.91 Å². The number of piperazine rings is 1. The summed E-state index contributed by atoms with van der Waals surface area (Å²) in [7, 11) is 1.68. The normalized spacial score (nSPS) is 15.9. The summed E-state index contributed by atoms with van der Waals surface area (Å²) in [6, 6.07) is 13.7. The lowest BCUT2D eigenvalue weighted by atomic mass is 9.95. The second-order valence-electron chi connectivity index (χ2n) is 10.0. The molecular weight excluding hydrogens is 496 g/mol. The first-order chi connectivity index (χ1) is 19.0. The van der Waals surface area contributed by atoms with E-state index in [1.807, 2.05) is 30.3 Å². The second kappa shape index (κ2) is 13.9. The van der Waals surface area contributed by atoms with Gasteiger partial charge in [-0.2, -0.15) is 0 Å². The van der Waals surface area contributed by atoms with Crippen LogP contribution in [-0.4, -0.2) is 63.7 Å². The average molecular weight is 537 g/mol. The monoisotopic (exact) mass is 536 g/mol. The Bertz CT molecular complexity index is 1140. The Morgan fingerprint density at radius 3 is 2.28 bits per heavy atom. The van der Waals surface area contributed by atoms with Gasteiger partial charge in [0.2, 0.25) is 5.91 Å². The quantitative estimate of drug-likeness (QED) is 0.435. The van der Waals surface area contributed by atoms with E-state index >= 15 is 0 Å². The van der Waals surface area contributed by atoms with Crippen molar-refractivity contribution in [3.63, 3.8) is 0 Å². The van der Waals surface area contributed by atoms with E-state index in [1.54, 1.807) is 20.1 Å². The van der Waals surface area contributed by atoms with E-state index in [0.29, 0.717) is 11.3 Å². The molecule has 1 saturated heterocycles. The molecule has 0 atom stereocenters. The van der Waals surface area contributed by atoms with E-state index in [-0.39, 0.29) is 37.3 Å². The van der Waals surface area contributed by atoms with Gasteiger partial charge in [-0.15, -0.1) is 0 Å². The van der Waals surface area contributed by atoms with Gasteiger partial charge in [0.1, 0.15) is 5.75 Å². The fraction of sp³-hybridized carbons (Fsp3) is 0.500. The van der Waals surface area contributed by atoms with Crippen molar-refractivity contribution in [1.82, 2.24) is 5.32 Å². The molecule has 1 aliphatic carbocycles. The number of amides is 2. The number of hydrogen-bond donors (Lipinski definition) is 2. The summed E-state index contributed by atoms with van der Waals surface area (Å²) in [4.78, 5) is 42.2. The second-order valence-corrected chi connectivity index (χ2v) is 10.0. The van der Waals surface area contributed by atoms with Crippen LogP contribution < -0.4 is 25.2 Å². The van der Waals surface area contributed by atoms with Gasteiger partial charge in [0.05, 0.1) is 31.4 Å². The number of nitrogens with one attached hydrogen (secondary N) is 2. The molecule has 210 valence electrons. The Labute approximate surface area is 230 Å². The lowest BCUT2D eigenvalue weighted by Crippen LogP contribution is -2.47. The highest BCUT2D eigenvalue weighted by Crippen LogP contribution is 2.31. The van der Waals surface area contributed by atoms with E-state index in [2.05, 4.69) is 26.5 Å². The largest absolute Gasteiger partial charge is 0.495 e. The molecule has 1 heterocycles. The number of esters is 1. The molecule has 1 aliphatic heterocycles. The molecule has 9 nitrogen and oxygen atoms in total. The highest BCUT2D eigenvalue weighted by atomic mass is 16.5. The summed E-state index contributed by atoms with van der Waals surface area (Å²) in [5.74, 6) is 0.0379. The van der Waals surface area contributed by atoms with Crippen molar-refractivity contribution < 1.29 is 23.9 Å². The van der Waals surface area contributed by atoms with Crippen LogP contribution in [0.4, 0.5) is 17.1 Å². The van der Waals surface area contributed by atoms with Gasteiger partial charge >= 0.3 is 5.97 Å². The first-order valence-electron chi connectivity index (χ1n) is 14.0. The molecule has 2 amide bonds. The van der Waals surface area contributed by atoms with Gasteiger partial charge in [-0.05, 0) is 50.1 Å². The van der Waals surface area contributed by atoms with Crippen LogP contribution in [0.1, 0.15) is 62.2 Å². The van der Waals surface area contributed by atoms with Gasteiger partial charge in [-0.1, -0.05) is 31.4 Å². The van der Waals surface area contributed by atoms with Gasteiger partial charge in [-0.25, -0.2) is 0 Å². The molecule has 2 fully saturated rings. The van der Waals surface area contributed by atoms with Crippen LogP contribution in [0.25, 0.3) is 0 Å². The summed E-state index contributed by atoms with van der Waals surface area (Å²) in [5, 5.41) is 6.07. The van der Waals surface area contributed by atoms with Crippen LogP contribution >= 0.6 is 0 Å². The van der Waals surface area contributed by atoms with Crippen molar-refractivity contribution >= 4 is 34.8 Å². The number of para-hydroxylation sites is 2. The van der Waals surface area contributed by atoms with Crippen molar-refractivity contribution in [2.45, 2.75) is 57.9 Å². The molecule has 0 unspecified atom stereocenters. The molecular formula is C30H40N4O5. The zero-order valence-electron chi connectivity index (χ0n) is 23.0. The molecule has 2 aromatic carbocycles. The molecule has 2 N–H and O–H groups in total. The molecule has 0 radical (unpaired) electrons. The molecule has 0 aromatic heterocycles. The van der Waals surface area contributed by atoms with Crippen LogP contribution in [0, 0.1) is 0 Å². The maximum Gasteiger partial charge on any atom is 0.306 e. The van der Waals surface area contributed by atoms with Crippen LogP contribution in [0.2, 0.25) is 0 Å². The number of carbonyl (C=O) groups is 3. The number of benzene rings is 2. The van der Waals surface area contributed by atoms with E-state index < -0.39 is 5.97 Å². The van der Waals surface area contributed by atoms with E-state index in [0.717, 1.165) is 69.0 Å². The van der Waals surface area contributed by atoms with Crippen LogP contribution in [0.3, 0.4) is 0 Å². The van der Waals surface area contributed by atoms with Gasteiger partial charge in [0.15, 0.2) is 0 Å². The maximum atomic E-state index is 13.5. The summed E-state index contributed by atoms with van der Waals surface area (Å²) in [5.41, 5.74) is 3.01. The molecule has 0 spiro atoms. The fourth-order valence-corrected chi connectivity index (χ4v) is 5.33. The summed E-state index contributed by atoms with van der Waals surface area (Å²) < 4.78 is 10.5. The van der Waals surface area contributed by atoms with Crippen molar-refractivity contribution in [3.05, 3.63) is 48.0 Å². The predicted octanol–water partition coefficient (Wildman–Crippen LogP) is 4.37. The summed E-state index contributed by atoms with van der Waals surface area (Å²) in [6.45, 7) is 5.08. The molecule has 2 aromatic rings. The molecule has 39 heavy (non-hydrogen) atoms. The summed E-state index contributed by atoms with van der Waals surface area (Å²) >= 11 is 0. The predicted molar refractivity (Wildman–Crippen MR) is 153 cm³/mol. The Balaban J connectivity index is 1.48. The Kier molecular flexibility index (Phi) is 10.1. The number of anilines is 3. The van der Waals surface area contributed by atoms with Gasteiger partial charge in [-0.3, -0.25) is 14.4 Å². The van der Waals surface area contributed by atoms with E-state index in [4.69, 9.17) is 9.47 Å². The lowest BCUT2D eigenvalue weighted by molar-refractivity contribution is -0.144. The minimum atomic E-state index is -0.400. The lowest BCUT2D eigenvalue weighted by Gasteiger charge is -2.38. The zero-order valence-corrected chi connectivity index (χ0v) is 23.0. The Morgan fingerprint density at radius 2 is 1.59 bits per heavy atom. The van der Waals surface area contributed by atoms with Crippen molar-refractivity contribution in [2.24, 2.45) is 0 Å². The molecule has 4 rings (SSSR count). The third-order valence-electron chi connectivity index (χ3n) is 7.37. The average Bonchev–Trinajstić information content (AvgIpc) is 2.97. The third-order valence-corrected chi connectivity index (χ3v) is 7.37. The van der Waals surface area contributed by atoms with E-state index in [9.17, 15) is 14.4 Å². The first kappa shape index (κ1) is 28.3. The SMILES string of the molecule is CCOC(=O)CCC(=O)Nc1ccc(N2CCN(c3ccccc3OC)CC2)c(C(=O)NC2CCCCC2)c1. The standard InChI is InChI=1S/C30H40N4O5/c1-3-39-29(36)16-15-28(35)31-23-13-14-25(24(21-23)30(37)32-22-9-5-4-6-10-22)33-17-19-34(20-18-33)26-11-7-8-12-27(26)38-2/h7-8,11-14,21-22H,3-6,9-10,15-20H2,1-2H3,(H,31,35)(H,32,37). The number of ether oxygens (including phenoxy) is 2. The number of nitrogens with zero attached hydrogens (tertiary/aromatic N) is 2. The first-order valence-corrected chi connectivity index (χ1v) is 14.0. The van der Waals surface area contributed by atoms with Gasteiger partial charge in [0, 0.05) is 50.0 Å². The maximum absolute atomic E-state index is 13.5. The number of carbonyl (C=O) groups excluding carboxylic acids is 3. The van der Waals surface area contributed by atoms with Crippen molar-refractivity contribution in [2.75, 3.05) is 55.0 Å². The highest BCUT2D eigenvalue weighted by Gasteiger charge is 2.25. The minimum Gasteiger partial charge on any atom is -0.495 e. The topological polar surface area (TPSA) is 100 Å². The zero-order chi connectivity index (χ0) is 27.6. The fourth-order valence-electron chi connectivity index (χ4n) is 5.33. The van der Waals surface area contributed by atoms with Crippen molar-refractivity contribution in [1.29, 1.82) is 0 Å². The smallest absolute Gasteiger partial charge is 0.306 e. The number of rotatable bonds is 10. The molecule has 0 bridgehead atoms. The van der Waals surface area contributed by atoms with Crippen molar-refractivity contribution in [3.8, 4) is 5.75 Å². The van der Waals surface area contributed by atoms with E-state index in [1.165, 1.54) is 6.42 Å². The van der Waals surface area contributed by atoms with Gasteiger partial charge < -0.3 is 29.9 Å². The number of hydrogen-bond acceptors (Lipinski definition) is 7. The van der Waals surface area contributed by atoms with Crippen LogP contribution in [0.15, 0.2) is 42.5 Å². The Morgan fingerprint density at radius 1 is 0.897 bits per heavy atom. The summed E-state index contributed by atoms with van der Waals surface area (Å²) in [6.07, 6.45) is 5.48. The minimum absolute atomic E-state index is 0.0171. The third kappa shape index (κ3) is 7.65. The Hall–Kier alpha value is -3.75. The molecule has 2 aliphatic rings. The molecule has 9 heteroatoms. The number of methoxy groups -OCH3 is 1.